The molecule has 3 N–H and O–H groups in total. The highest BCUT2D eigenvalue weighted by Crippen LogP contribution is 2.36. The second-order valence-electron chi connectivity index (χ2n) is 7.42. The minimum atomic E-state index is -0.228. The number of carbonyl (C=O) groups excluding carboxylic acids is 1. The van der Waals surface area contributed by atoms with Crippen molar-refractivity contribution in [2.24, 2.45) is 0 Å². The molecule has 2 atom stereocenters. The van der Waals surface area contributed by atoms with Crippen molar-refractivity contribution in [3.63, 3.8) is 0 Å². The minimum Gasteiger partial charge on any atom is -0.496 e. The SMILES string of the molecule is COc1ccccc1C(=O)Nc1cc(N2[C@@H](C)CCC[C@@H]2C)c(C)cc1N. The van der Waals surface area contributed by atoms with Crippen molar-refractivity contribution in [3.05, 3.63) is 47.5 Å². The van der Waals surface area contributed by atoms with Crippen molar-refractivity contribution in [2.45, 2.75) is 52.1 Å². The van der Waals surface area contributed by atoms with E-state index in [1.807, 2.05) is 24.3 Å². The second kappa shape index (κ2) is 7.91. The van der Waals surface area contributed by atoms with E-state index in [1.54, 1.807) is 19.2 Å². The number of nitrogens with two attached hydrogens (primary N) is 1. The molecule has 2 aromatic rings. The molecule has 1 saturated heterocycles. The van der Waals surface area contributed by atoms with Crippen molar-refractivity contribution in [3.8, 4) is 5.75 Å². The van der Waals surface area contributed by atoms with Gasteiger partial charge in [0.05, 0.1) is 24.0 Å². The number of aryl methyl sites for hydroxylation is 1. The predicted octanol–water partition coefficient (Wildman–Crippen LogP) is 4.61. The van der Waals surface area contributed by atoms with Gasteiger partial charge in [-0.1, -0.05) is 12.1 Å². The molecule has 0 saturated carbocycles. The highest BCUT2D eigenvalue weighted by Gasteiger charge is 2.27. The van der Waals surface area contributed by atoms with Crippen molar-refractivity contribution in [2.75, 3.05) is 23.1 Å². The van der Waals surface area contributed by atoms with Gasteiger partial charge in [0, 0.05) is 17.8 Å². The molecule has 5 heteroatoms. The summed E-state index contributed by atoms with van der Waals surface area (Å²) in [6.45, 7) is 6.60. The van der Waals surface area contributed by atoms with Crippen LogP contribution >= 0.6 is 0 Å². The number of ether oxygens (including phenoxy) is 1. The maximum absolute atomic E-state index is 12.8. The zero-order chi connectivity index (χ0) is 19.6. The molecule has 1 aliphatic rings. The van der Waals surface area contributed by atoms with Gasteiger partial charge in [-0.2, -0.15) is 0 Å². The largest absolute Gasteiger partial charge is 0.496 e. The van der Waals surface area contributed by atoms with Crippen LogP contribution in [0.4, 0.5) is 17.1 Å². The summed E-state index contributed by atoms with van der Waals surface area (Å²) in [5, 5.41) is 2.97. The van der Waals surface area contributed by atoms with Crippen LogP contribution in [0.1, 0.15) is 49.0 Å². The second-order valence-corrected chi connectivity index (χ2v) is 7.42. The summed E-state index contributed by atoms with van der Waals surface area (Å²) in [6.07, 6.45) is 3.61. The number of benzene rings is 2. The molecular formula is C22H29N3O2. The Hall–Kier alpha value is -2.69. The van der Waals surface area contributed by atoms with E-state index in [2.05, 4.69) is 31.0 Å². The van der Waals surface area contributed by atoms with Gasteiger partial charge in [-0.3, -0.25) is 4.79 Å². The number of methoxy groups -OCH3 is 1. The Balaban J connectivity index is 1.93. The summed E-state index contributed by atoms with van der Waals surface area (Å²) in [5.41, 5.74) is 10.2. The first kappa shape index (κ1) is 19.1. The number of hydrogen-bond donors (Lipinski definition) is 2. The molecule has 1 aliphatic heterocycles. The van der Waals surface area contributed by atoms with Crippen molar-refractivity contribution >= 4 is 23.0 Å². The number of hydrogen-bond acceptors (Lipinski definition) is 4. The zero-order valence-electron chi connectivity index (χ0n) is 16.6. The lowest BCUT2D eigenvalue weighted by molar-refractivity contribution is 0.102. The van der Waals surface area contributed by atoms with Crippen molar-refractivity contribution < 1.29 is 9.53 Å². The van der Waals surface area contributed by atoms with Gasteiger partial charge in [-0.25, -0.2) is 0 Å². The van der Waals surface area contributed by atoms with E-state index in [1.165, 1.54) is 19.3 Å². The number of rotatable bonds is 4. The van der Waals surface area contributed by atoms with E-state index in [0.29, 0.717) is 34.8 Å². The molecule has 0 unspecified atom stereocenters. The summed E-state index contributed by atoms with van der Waals surface area (Å²) < 4.78 is 5.30. The lowest BCUT2D eigenvalue weighted by Gasteiger charge is -2.42. The number of para-hydroxylation sites is 1. The van der Waals surface area contributed by atoms with Crippen LogP contribution in [0.3, 0.4) is 0 Å². The predicted molar refractivity (Wildman–Crippen MR) is 112 cm³/mol. The molecule has 2 aromatic carbocycles. The zero-order valence-corrected chi connectivity index (χ0v) is 16.6. The average Bonchev–Trinajstić information content (AvgIpc) is 2.64. The molecule has 0 aliphatic carbocycles. The van der Waals surface area contributed by atoms with Crippen LogP contribution in [0, 0.1) is 6.92 Å². The number of nitrogens with zero attached hydrogens (tertiary/aromatic N) is 1. The smallest absolute Gasteiger partial charge is 0.259 e. The van der Waals surface area contributed by atoms with Crippen LogP contribution in [0.15, 0.2) is 36.4 Å². The van der Waals surface area contributed by atoms with Crippen LogP contribution in [0.25, 0.3) is 0 Å². The molecule has 0 radical (unpaired) electrons. The summed E-state index contributed by atoms with van der Waals surface area (Å²) in [6, 6.07) is 12.1. The van der Waals surface area contributed by atoms with Crippen LogP contribution in [-0.4, -0.2) is 25.1 Å². The number of amides is 1. The molecule has 0 aromatic heterocycles. The molecule has 0 bridgehead atoms. The number of nitrogen functional groups attached to an aromatic ring is 1. The fraction of sp³-hybridized carbons (Fsp3) is 0.409. The van der Waals surface area contributed by atoms with Gasteiger partial charge in [0.15, 0.2) is 0 Å². The summed E-state index contributed by atoms with van der Waals surface area (Å²) in [7, 11) is 1.56. The Morgan fingerprint density at radius 3 is 2.52 bits per heavy atom. The lowest BCUT2D eigenvalue weighted by atomic mass is 9.95. The molecule has 144 valence electrons. The molecule has 1 heterocycles. The maximum Gasteiger partial charge on any atom is 0.259 e. The van der Waals surface area contributed by atoms with Crippen LogP contribution in [-0.2, 0) is 0 Å². The molecule has 5 nitrogen and oxygen atoms in total. The van der Waals surface area contributed by atoms with Gasteiger partial charge in [0.1, 0.15) is 5.75 Å². The minimum absolute atomic E-state index is 0.228. The van der Waals surface area contributed by atoms with Crippen LogP contribution < -0.4 is 20.7 Å². The number of anilines is 3. The Morgan fingerprint density at radius 2 is 1.85 bits per heavy atom. The monoisotopic (exact) mass is 367 g/mol. The third-order valence-corrected chi connectivity index (χ3v) is 5.44. The lowest BCUT2D eigenvalue weighted by Crippen LogP contribution is -2.44. The van der Waals surface area contributed by atoms with Crippen molar-refractivity contribution in [1.82, 2.24) is 0 Å². The molecular weight excluding hydrogens is 338 g/mol. The third-order valence-electron chi connectivity index (χ3n) is 5.44. The normalized spacial score (nSPS) is 19.6. The molecule has 1 fully saturated rings. The summed E-state index contributed by atoms with van der Waals surface area (Å²) in [5.74, 6) is 0.313. The van der Waals surface area contributed by atoms with Gasteiger partial charge in [0.25, 0.3) is 5.91 Å². The van der Waals surface area contributed by atoms with Crippen LogP contribution in [0.5, 0.6) is 5.75 Å². The quantitative estimate of drug-likeness (QED) is 0.775. The third kappa shape index (κ3) is 3.87. The van der Waals surface area contributed by atoms with Gasteiger partial charge >= 0.3 is 0 Å². The molecule has 1 amide bonds. The Kier molecular flexibility index (Phi) is 5.59. The van der Waals surface area contributed by atoms with Crippen molar-refractivity contribution in [1.29, 1.82) is 0 Å². The maximum atomic E-state index is 12.8. The van der Waals surface area contributed by atoms with E-state index in [4.69, 9.17) is 10.5 Å². The molecule has 3 rings (SSSR count). The van der Waals surface area contributed by atoms with E-state index in [0.717, 1.165) is 11.3 Å². The van der Waals surface area contributed by atoms with E-state index < -0.39 is 0 Å². The van der Waals surface area contributed by atoms with E-state index in [-0.39, 0.29) is 5.91 Å². The Labute approximate surface area is 161 Å². The number of nitrogens with one attached hydrogen (secondary N) is 1. The summed E-state index contributed by atoms with van der Waals surface area (Å²) in [4.78, 5) is 15.2. The molecule has 0 spiro atoms. The highest BCUT2D eigenvalue weighted by atomic mass is 16.5. The van der Waals surface area contributed by atoms with Gasteiger partial charge in [0.2, 0.25) is 0 Å². The fourth-order valence-corrected chi connectivity index (χ4v) is 4.02. The van der Waals surface area contributed by atoms with E-state index in [9.17, 15) is 4.79 Å². The van der Waals surface area contributed by atoms with Gasteiger partial charge in [-0.05, 0) is 69.9 Å². The number of piperidine rings is 1. The first-order valence-corrected chi connectivity index (χ1v) is 9.55. The Morgan fingerprint density at radius 1 is 1.19 bits per heavy atom. The average molecular weight is 367 g/mol. The first-order valence-electron chi connectivity index (χ1n) is 9.55. The topological polar surface area (TPSA) is 67.6 Å². The van der Waals surface area contributed by atoms with Crippen LogP contribution in [0.2, 0.25) is 0 Å². The molecule has 27 heavy (non-hydrogen) atoms. The summed E-state index contributed by atoms with van der Waals surface area (Å²) >= 11 is 0. The highest BCUT2D eigenvalue weighted by molar-refractivity contribution is 6.07. The fourth-order valence-electron chi connectivity index (χ4n) is 4.02. The Bertz CT molecular complexity index is 824. The first-order chi connectivity index (χ1) is 12.9. The standard InChI is InChI=1S/C22H29N3O2/c1-14-12-18(23)19(13-20(14)25-15(2)8-7-9-16(25)3)24-22(26)17-10-5-6-11-21(17)27-4/h5-6,10-13,15-16H,7-9,23H2,1-4H3,(H,24,26)/t15-,16-/m0/s1. The van der Waals surface area contributed by atoms with Gasteiger partial charge in [-0.15, -0.1) is 0 Å². The van der Waals surface area contributed by atoms with Gasteiger partial charge < -0.3 is 20.7 Å². The van der Waals surface area contributed by atoms with E-state index >= 15 is 0 Å². The number of carbonyl (C=O) groups is 1.